The average Bonchev–Trinajstić information content (AvgIpc) is 2.58. The van der Waals surface area contributed by atoms with Gasteiger partial charge in [-0.15, -0.1) is 0 Å². The Labute approximate surface area is 155 Å². The molecule has 0 atom stereocenters. The van der Waals surface area contributed by atoms with Crippen LogP contribution in [0, 0.1) is 11.7 Å². The zero-order valence-electron chi connectivity index (χ0n) is 14.1. The fourth-order valence-electron chi connectivity index (χ4n) is 2.01. The first-order chi connectivity index (χ1) is 12.3. The van der Waals surface area contributed by atoms with Gasteiger partial charge in [0.2, 0.25) is 5.88 Å². The second-order valence-corrected chi connectivity index (χ2v) is 7.35. The van der Waals surface area contributed by atoms with Crippen LogP contribution in [0.2, 0.25) is 0 Å². The minimum atomic E-state index is -3.89. The molecule has 0 saturated carbocycles. The number of nitrogens with one attached hydrogen (secondary N) is 2. The molecule has 11 heteroatoms. The predicted octanol–water partition coefficient (Wildman–Crippen LogP) is 0.879. The molecule has 26 heavy (non-hydrogen) atoms. The molecule has 0 bridgehead atoms. The van der Waals surface area contributed by atoms with Gasteiger partial charge in [0, 0.05) is 7.11 Å². The van der Waals surface area contributed by atoms with Crippen molar-refractivity contribution in [2.75, 3.05) is 13.7 Å². The number of hydrogen-bond acceptors (Lipinski definition) is 7. The van der Waals surface area contributed by atoms with Crippen LogP contribution < -0.4 is 10.4 Å². The Balaban J connectivity index is 2.29. The lowest BCUT2D eigenvalue weighted by Crippen LogP contribution is -2.22. The highest BCUT2D eigenvalue weighted by molar-refractivity contribution is 7.89. The highest BCUT2D eigenvalue weighted by atomic mass is 32.2. The van der Waals surface area contributed by atoms with Crippen LogP contribution in [-0.4, -0.2) is 43.0 Å². The molecule has 0 amide bonds. The fourth-order valence-corrected chi connectivity index (χ4v) is 3.07. The maximum atomic E-state index is 12.2. The van der Waals surface area contributed by atoms with E-state index in [9.17, 15) is 18.3 Å². The van der Waals surface area contributed by atoms with E-state index in [-0.39, 0.29) is 28.4 Å². The molecule has 0 saturated heterocycles. The Morgan fingerprint density at radius 3 is 2.65 bits per heavy atom. The van der Waals surface area contributed by atoms with Crippen molar-refractivity contribution < 1.29 is 18.3 Å². The Kier molecular flexibility index (Phi) is 6.29. The van der Waals surface area contributed by atoms with Crippen LogP contribution in [0.25, 0.3) is 0 Å². The van der Waals surface area contributed by atoms with Gasteiger partial charge in [0.05, 0.1) is 24.3 Å². The largest absolute Gasteiger partial charge is 0.494 e. The smallest absolute Gasteiger partial charge is 0.276 e. The van der Waals surface area contributed by atoms with E-state index in [0.29, 0.717) is 0 Å². The van der Waals surface area contributed by atoms with Crippen LogP contribution in [0.5, 0.6) is 5.88 Å². The van der Waals surface area contributed by atoms with Crippen LogP contribution >= 0.6 is 12.2 Å². The number of hydrogen-bond donors (Lipinski definition) is 3. The summed E-state index contributed by atoms with van der Waals surface area (Å²) < 4.78 is 30.5. The summed E-state index contributed by atoms with van der Waals surface area (Å²) in [4.78, 5) is 16.4. The van der Waals surface area contributed by atoms with Gasteiger partial charge < -0.3 is 9.84 Å². The van der Waals surface area contributed by atoms with E-state index >= 15 is 0 Å². The molecule has 1 heterocycles. The van der Waals surface area contributed by atoms with E-state index in [4.69, 9.17) is 17.0 Å². The molecule has 0 aliphatic heterocycles. The van der Waals surface area contributed by atoms with Gasteiger partial charge in [-0.25, -0.2) is 4.83 Å². The molecule has 140 valence electrons. The number of ether oxygens (including phenoxy) is 1. The third-order valence-electron chi connectivity index (χ3n) is 3.42. The fraction of sp³-hybridized carbons (Fsp3) is 0.267. The van der Waals surface area contributed by atoms with Gasteiger partial charge in [0.15, 0.2) is 4.77 Å². The normalized spacial score (nSPS) is 11.8. The third kappa shape index (κ3) is 4.56. The number of aromatic hydroxyl groups is 1. The average molecular weight is 398 g/mol. The molecular weight excluding hydrogens is 380 g/mol. The van der Waals surface area contributed by atoms with Crippen molar-refractivity contribution in [3.05, 3.63) is 50.5 Å². The number of aromatic amines is 1. The minimum Gasteiger partial charge on any atom is -0.494 e. The molecule has 0 spiro atoms. The second-order valence-electron chi connectivity index (χ2n) is 5.31. The second kappa shape index (κ2) is 8.25. The highest BCUT2D eigenvalue weighted by Gasteiger charge is 2.14. The van der Waals surface area contributed by atoms with Crippen molar-refractivity contribution in [1.82, 2.24) is 14.4 Å². The zero-order chi connectivity index (χ0) is 19.3. The van der Waals surface area contributed by atoms with E-state index in [2.05, 4.69) is 10.1 Å². The first-order valence-corrected chi connectivity index (χ1v) is 9.32. The molecule has 3 N–H and O–H groups in total. The van der Waals surface area contributed by atoms with E-state index < -0.39 is 21.5 Å². The molecule has 1 aromatic heterocycles. The molecule has 0 unspecified atom stereocenters. The van der Waals surface area contributed by atoms with Gasteiger partial charge in [-0.1, -0.05) is 17.7 Å². The summed E-state index contributed by atoms with van der Waals surface area (Å²) in [6.45, 7) is 2.29. The van der Waals surface area contributed by atoms with E-state index in [1.165, 1.54) is 23.8 Å². The SMILES string of the molecule is COCCn1c(O)c(C=NNS(=O)(=O)c2ccc(C)cc2)c(=O)[nH]c1=S. The molecular formula is C15H18N4O5S2. The number of aromatic nitrogens is 2. The Morgan fingerprint density at radius 1 is 1.38 bits per heavy atom. The number of rotatable bonds is 7. The van der Waals surface area contributed by atoms with Crippen molar-refractivity contribution >= 4 is 28.5 Å². The summed E-state index contributed by atoms with van der Waals surface area (Å²) >= 11 is 4.98. The molecule has 0 radical (unpaired) electrons. The zero-order valence-corrected chi connectivity index (χ0v) is 15.7. The number of hydrazone groups is 1. The summed E-state index contributed by atoms with van der Waals surface area (Å²) in [6.07, 6.45) is 0.915. The Hall–Kier alpha value is -2.50. The maximum absolute atomic E-state index is 12.2. The van der Waals surface area contributed by atoms with Gasteiger partial charge in [0.1, 0.15) is 5.56 Å². The number of benzene rings is 1. The highest BCUT2D eigenvalue weighted by Crippen LogP contribution is 2.12. The van der Waals surface area contributed by atoms with Crippen molar-refractivity contribution in [3.63, 3.8) is 0 Å². The van der Waals surface area contributed by atoms with Gasteiger partial charge in [0.25, 0.3) is 15.6 Å². The van der Waals surface area contributed by atoms with E-state index in [1.54, 1.807) is 12.1 Å². The minimum absolute atomic E-state index is 0.0157. The summed E-state index contributed by atoms with van der Waals surface area (Å²) in [5.74, 6) is -0.436. The van der Waals surface area contributed by atoms with Gasteiger partial charge >= 0.3 is 0 Å². The van der Waals surface area contributed by atoms with Crippen molar-refractivity contribution in [2.24, 2.45) is 5.10 Å². The first kappa shape index (κ1) is 19.8. The van der Waals surface area contributed by atoms with Crippen LogP contribution in [-0.2, 0) is 21.3 Å². The number of sulfonamides is 1. The molecule has 1 aromatic carbocycles. The van der Waals surface area contributed by atoms with E-state index in [0.717, 1.165) is 11.8 Å². The first-order valence-electron chi connectivity index (χ1n) is 7.43. The number of H-pyrrole nitrogens is 1. The number of nitrogens with zero attached hydrogens (tertiary/aromatic N) is 2. The Morgan fingerprint density at radius 2 is 2.04 bits per heavy atom. The lowest BCUT2D eigenvalue weighted by Gasteiger charge is -2.10. The molecule has 0 fully saturated rings. The number of methoxy groups -OCH3 is 1. The van der Waals surface area contributed by atoms with Crippen LogP contribution in [0.15, 0.2) is 39.1 Å². The molecule has 0 aliphatic rings. The predicted molar refractivity (Wildman–Crippen MR) is 98.5 cm³/mol. The lowest BCUT2D eigenvalue weighted by atomic mass is 10.2. The monoisotopic (exact) mass is 398 g/mol. The van der Waals surface area contributed by atoms with E-state index in [1.807, 2.05) is 11.8 Å². The summed E-state index contributed by atoms with van der Waals surface area (Å²) in [5, 5.41) is 13.8. The van der Waals surface area contributed by atoms with Crippen LogP contribution in [0.4, 0.5) is 0 Å². The lowest BCUT2D eigenvalue weighted by molar-refractivity contribution is 0.182. The van der Waals surface area contributed by atoms with Gasteiger partial charge in [-0.3, -0.25) is 14.3 Å². The molecule has 2 rings (SSSR count). The quantitative estimate of drug-likeness (QED) is 0.361. The summed E-state index contributed by atoms with van der Waals surface area (Å²) in [7, 11) is -2.41. The number of aryl methyl sites for hydroxylation is 1. The van der Waals surface area contributed by atoms with Crippen molar-refractivity contribution in [2.45, 2.75) is 18.4 Å². The van der Waals surface area contributed by atoms with Crippen LogP contribution in [0.1, 0.15) is 11.1 Å². The Bertz CT molecular complexity index is 1020. The molecule has 9 nitrogen and oxygen atoms in total. The molecule has 2 aromatic rings. The van der Waals surface area contributed by atoms with Gasteiger partial charge in [-0.2, -0.15) is 13.5 Å². The van der Waals surface area contributed by atoms with Crippen molar-refractivity contribution in [1.29, 1.82) is 0 Å². The summed E-state index contributed by atoms with van der Waals surface area (Å²) in [6, 6.07) is 6.16. The van der Waals surface area contributed by atoms with Gasteiger partial charge in [-0.05, 0) is 31.3 Å². The topological polar surface area (TPSA) is 126 Å². The van der Waals surface area contributed by atoms with Crippen molar-refractivity contribution in [3.8, 4) is 5.88 Å². The molecule has 0 aliphatic carbocycles. The summed E-state index contributed by atoms with van der Waals surface area (Å²) in [5.41, 5.74) is -0.0192. The third-order valence-corrected chi connectivity index (χ3v) is 4.98. The maximum Gasteiger partial charge on any atom is 0.276 e. The standard InChI is InChI=1S/C15H18N4O5S2/c1-10-3-5-11(6-4-10)26(22,23)18-16-9-12-13(20)17-15(25)19(14(12)21)7-8-24-2/h3-6,9,18,21H,7-8H2,1-2H3,(H,17,20,25). The van der Waals surface area contributed by atoms with Crippen LogP contribution in [0.3, 0.4) is 0 Å².